The number of hydrogen-bond acceptors (Lipinski definition) is 4. The highest BCUT2D eigenvalue weighted by atomic mass is 127. The SMILES string of the molecule is CCNC(=NCc1cccc(OC)c1)NCC(=O)N(C)CCc1ccccn1.I. The van der Waals surface area contributed by atoms with Gasteiger partial charge in [-0.2, -0.15) is 0 Å². The second-order valence-corrected chi connectivity index (χ2v) is 6.29. The number of guanidine groups is 1. The third-order valence-electron chi connectivity index (χ3n) is 4.16. The van der Waals surface area contributed by atoms with Gasteiger partial charge in [0.05, 0.1) is 20.2 Å². The third kappa shape index (κ3) is 9.12. The molecule has 1 aromatic heterocycles. The van der Waals surface area contributed by atoms with Crippen LogP contribution in [0.5, 0.6) is 5.75 Å². The van der Waals surface area contributed by atoms with E-state index in [-0.39, 0.29) is 36.4 Å². The Labute approximate surface area is 190 Å². The van der Waals surface area contributed by atoms with Crippen LogP contribution in [0.15, 0.2) is 53.7 Å². The fourth-order valence-corrected chi connectivity index (χ4v) is 2.53. The summed E-state index contributed by atoms with van der Waals surface area (Å²) in [5.74, 6) is 1.41. The van der Waals surface area contributed by atoms with Gasteiger partial charge in [0, 0.05) is 38.4 Å². The zero-order chi connectivity index (χ0) is 20.2. The molecule has 158 valence electrons. The van der Waals surface area contributed by atoms with Crippen molar-refractivity contribution < 1.29 is 9.53 Å². The molecule has 0 unspecified atom stereocenters. The van der Waals surface area contributed by atoms with Gasteiger partial charge in [-0.25, -0.2) is 4.99 Å². The van der Waals surface area contributed by atoms with Gasteiger partial charge in [-0.05, 0) is 36.8 Å². The van der Waals surface area contributed by atoms with Crippen molar-refractivity contribution in [2.24, 2.45) is 4.99 Å². The molecule has 29 heavy (non-hydrogen) atoms. The van der Waals surface area contributed by atoms with Gasteiger partial charge in [0.25, 0.3) is 0 Å². The average molecular weight is 511 g/mol. The standard InChI is InChI=1S/C21H29N5O2.HI/c1-4-22-21(24-15-17-8-7-10-19(14-17)28-3)25-16-20(27)26(2)13-11-18-9-5-6-12-23-18;/h5-10,12,14H,4,11,13,15-16H2,1-3H3,(H2,22,24,25);1H. The molecule has 1 amide bonds. The summed E-state index contributed by atoms with van der Waals surface area (Å²) in [5, 5.41) is 6.26. The van der Waals surface area contributed by atoms with Crippen LogP contribution >= 0.6 is 24.0 Å². The number of ether oxygens (including phenoxy) is 1. The quantitative estimate of drug-likeness (QED) is 0.307. The smallest absolute Gasteiger partial charge is 0.241 e. The predicted octanol–water partition coefficient (Wildman–Crippen LogP) is 2.46. The first-order chi connectivity index (χ1) is 13.6. The van der Waals surface area contributed by atoms with E-state index in [0.29, 0.717) is 25.6 Å². The summed E-state index contributed by atoms with van der Waals surface area (Å²) in [7, 11) is 3.44. The highest BCUT2D eigenvalue weighted by molar-refractivity contribution is 14.0. The van der Waals surface area contributed by atoms with E-state index < -0.39 is 0 Å². The number of hydrogen-bond donors (Lipinski definition) is 2. The Hall–Kier alpha value is -2.36. The number of methoxy groups -OCH3 is 1. The van der Waals surface area contributed by atoms with Gasteiger partial charge in [0.1, 0.15) is 5.75 Å². The minimum atomic E-state index is 0. The maximum atomic E-state index is 12.4. The molecule has 0 bridgehead atoms. The zero-order valence-electron chi connectivity index (χ0n) is 17.2. The van der Waals surface area contributed by atoms with Crippen molar-refractivity contribution in [3.63, 3.8) is 0 Å². The van der Waals surface area contributed by atoms with Gasteiger partial charge < -0.3 is 20.3 Å². The molecule has 0 aliphatic heterocycles. The molecule has 0 radical (unpaired) electrons. The lowest BCUT2D eigenvalue weighted by molar-refractivity contribution is -0.128. The van der Waals surface area contributed by atoms with Gasteiger partial charge in [-0.15, -0.1) is 24.0 Å². The molecule has 7 nitrogen and oxygen atoms in total. The molecule has 8 heteroatoms. The first kappa shape index (κ1) is 24.7. The Morgan fingerprint density at radius 2 is 2.03 bits per heavy atom. The lowest BCUT2D eigenvalue weighted by atomic mass is 10.2. The summed E-state index contributed by atoms with van der Waals surface area (Å²) in [6.07, 6.45) is 2.49. The second kappa shape index (κ2) is 13.8. The first-order valence-electron chi connectivity index (χ1n) is 9.41. The number of aromatic nitrogens is 1. The van der Waals surface area contributed by atoms with Crippen molar-refractivity contribution in [1.29, 1.82) is 0 Å². The van der Waals surface area contributed by atoms with Gasteiger partial charge in [-0.3, -0.25) is 9.78 Å². The van der Waals surface area contributed by atoms with E-state index in [1.165, 1.54) is 0 Å². The lowest BCUT2D eigenvalue weighted by Gasteiger charge is -2.18. The number of carbonyl (C=O) groups is 1. The van der Waals surface area contributed by atoms with E-state index in [0.717, 1.165) is 23.4 Å². The molecule has 1 heterocycles. The van der Waals surface area contributed by atoms with E-state index >= 15 is 0 Å². The normalized spacial score (nSPS) is 10.7. The maximum Gasteiger partial charge on any atom is 0.241 e. The zero-order valence-corrected chi connectivity index (χ0v) is 19.6. The van der Waals surface area contributed by atoms with Gasteiger partial charge >= 0.3 is 0 Å². The number of nitrogens with zero attached hydrogens (tertiary/aromatic N) is 3. The largest absolute Gasteiger partial charge is 0.497 e. The molecule has 0 fully saturated rings. The molecular weight excluding hydrogens is 481 g/mol. The fraction of sp³-hybridized carbons (Fsp3) is 0.381. The Bertz CT molecular complexity index is 771. The Morgan fingerprint density at radius 3 is 2.72 bits per heavy atom. The number of likely N-dealkylation sites (N-methyl/N-ethyl adjacent to an activating group) is 1. The summed E-state index contributed by atoms with van der Waals surface area (Å²) >= 11 is 0. The van der Waals surface area contributed by atoms with Crippen LogP contribution in [0.3, 0.4) is 0 Å². The van der Waals surface area contributed by atoms with Gasteiger partial charge in [0.15, 0.2) is 5.96 Å². The van der Waals surface area contributed by atoms with Crippen LogP contribution in [0.4, 0.5) is 0 Å². The number of carbonyl (C=O) groups excluding carboxylic acids is 1. The number of pyridine rings is 1. The number of benzene rings is 1. The number of halogens is 1. The van der Waals surface area contributed by atoms with Gasteiger partial charge in [-0.1, -0.05) is 18.2 Å². The molecule has 0 spiro atoms. The van der Waals surface area contributed by atoms with Crippen molar-refractivity contribution in [3.05, 3.63) is 59.9 Å². The highest BCUT2D eigenvalue weighted by Gasteiger charge is 2.10. The van der Waals surface area contributed by atoms with E-state index in [1.807, 2.05) is 49.4 Å². The van der Waals surface area contributed by atoms with Crippen LogP contribution in [0.25, 0.3) is 0 Å². The molecule has 0 saturated carbocycles. The minimum absolute atomic E-state index is 0. The van der Waals surface area contributed by atoms with Crippen LogP contribution in [0, 0.1) is 0 Å². The van der Waals surface area contributed by atoms with Crippen molar-refractivity contribution in [1.82, 2.24) is 20.5 Å². The van der Waals surface area contributed by atoms with E-state index in [1.54, 1.807) is 25.3 Å². The predicted molar refractivity (Wildman–Crippen MR) is 127 cm³/mol. The van der Waals surface area contributed by atoms with Crippen LogP contribution < -0.4 is 15.4 Å². The molecule has 0 atom stereocenters. The molecule has 0 aliphatic carbocycles. The van der Waals surface area contributed by atoms with Crippen molar-refractivity contribution in [3.8, 4) is 5.75 Å². The summed E-state index contributed by atoms with van der Waals surface area (Å²) in [6, 6.07) is 13.6. The monoisotopic (exact) mass is 511 g/mol. The van der Waals surface area contributed by atoms with Crippen LogP contribution in [0.2, 0.25) is 0 Å². The molecule has 1 aromatic carbocycles. The molecular formula is C21H30IN5O2. The summed E-state index contributed by atoms with van der Waals surface area (Å²) < 4.78 is 5.24. The Morgan fingerprint density at radius 1 is 1.21 bits per heavy atom. The second-order valence-electron chi connectivity index (χ2n) is 6.29. The number of nitrogens with one attached hydrogen (secondary N) is 2. The van der Waals surface area contributed by atoms with Crippen molar-refractivity contribution >= 4 is 35.8 Å². The van der Waals surface area contributed by atoms with E-state index in [4.69, 9.17) is 4.74 Å². The molecule has 0 aliphatic rings. The topological polar surface area (TPSA) is 78.9 Å². The Balaban J connectivity index is 0.00000420. The lowest BCUT2D eigenvalue weighted by Crippen LogP contribution is -2.44. The molecule has 2 aromatic rings. The average Bonchev–Trinajstić information content (AvgIpc) is 2.74. The van der Waals surface area contributed by atoms with E-state index in [9.17, 15) is 4.79 Å². The van der Waals surface area contributed by atoms with Crippen molar-refractivity contribution in [2.75, 3.05) is 33.8 Å². The van der Waals surface area contributed by atoms with Crippen LogP contribution in [-0.2, 0) is 17.8 Å². The van der Waals surface area contributed by atoms with Gasteiger partial charge in [0.2, 0.25) is 5.91 Å². The summed E-state index contributed by atoms with van der Waals surface area (Å²) in [6.45, 7) is 4.01. The van der Waals surface area contributed by atoms with Crippen LogP contribution in [0.1, 0.15) is 18.2 Å². The third-order valence-corrected chi connectivity index (χ3v) is 4.16. The molecule has 2 N–H and O–H groups in total. The fourth-order valence-electron chi connectivity index (χ4n) is 2.53. The number of aliphatic imine (C=N–C) groups is 1. The van der Waals surface area contributed by atoms with Crippen LogP contribution in [-0.4, -0.2) is 55.5 Å². The van der Waals surface area contributed by atoms with Crippen molar-refractivity contribution in [2.45, 2.75) is 19.9 Å². The Kier molecular flexibility index (Phi) is 11.7. The molecule has 0 saturated heterocycles. The summed E-state index contributed by atoms with van der Waals surface area (Å²) in [4.78, 5) is 22.9. The maximum absolute atomic E-state index is 12.4. The first-order valence-corrected chi connectivity index (χ1v) is 9.41. The minimum Gasteiger partial charge on any atom is -0.497 e. The number of rotatable bonds is 9. The number of amides is 1. The highest BCUT2D eigenvalue weighted by Crippen LogP contribution is 2.13. The molecule has 2 rings (SSSR count). The van der Waals surface area contributed by atoms with E-state index in [2.05, 4.69) is 20.6 Å². The summed E-state index contributed by atoms with van der Waals surface area (Å²) in [5.41, 5.74) is 2.01.